The van der Waals surface area contributed by atoms with Crippen LogP contribution in [0.3, 0.4) is 0 Å². The third-order valence-electron chi connectivity index (χ3n) is 2.22. The Morgan fingerprint density at radius 2 is 1.36 bits per heavy atom. The third-order valence-corrected chi connectivity index (χ3v) is 3.50. The van der Waals surface area contributed by atoms with Gasteiger partial charge in [0.15, 0.2) is 0 Å². The van der Waals surface area contributed by atoms with E-state index >= 15 is 0 Å². The molecule has 0 aliphatic carbocycles. The van der Waals surface area contributed by atoms with Gasteiger partial charge < -0.3 is 0 Å². The van der Waals surface area contributed by atoms with Crippen LogP contribution < -0.4 is 0 Å². The lowest BCUT2D eigenvalue weighted by molar-refractivity contribution is -0.385. The van der Waals surface area contributed by atoms with Crippen molar-refractivity contribution in [1.29, 1.82) is 0 Å². The van der Waals surface area contributed by atoms with Crippen LogP contribution in [0.15, 0.2) is 36.4 Å². The van der Waals surface area contributed by atoms with Crippen molar-refractivity contribution < 1.29 is 9.85 Å². The number of nitro groups is 2. The summed E-state index contributed by atoms with van der Waals surface area (Å²) in [4.78, 5) is 19.3. The molecule has 0 N–H and O–H groups in total. The van der Waals surface area contributed by atoms with Gasteiger partial charge in [-0.2, -0.15) is 0 Å². The number of hydrogen-bond acceptors (Lipinski definition) is 4. The topological polar surface area (TPSA) is 86.3 Å². The highest BCUT2D eigenvalue weighted by molar-refractivity contribution is 6.42. The predicted molar refractivity (Wildman–Crippen MR) is 86.2 cm³/mol. The summed E-state index contributed by atoms with van der Waals surface area (Å²) in [6.45, 7) is 0. The molecule has 22 heavy (non-hydrogen) atoms. The van der Waals surface area contributed by atoms with E-state index in [1.807, 2.05) is 0 Å². The molecule has 0 aliphatic rings. The molecule has 0 aliphatic heterocycles. The fourth-order valence-corrected chi connectivity index (χ4v) is 2.00. The van der Waals surface area contributed by atoms with E-state index in [4.69, 9.17) is 46.4 Å². The summed E-state index contributed by atoms with van der Waals surface area (Å²) in [5, 5.41) is 21.3. The van der Waals surface area contributed by atoms with Gasteiger partial charge in [-0.25, -0.2) is 0 Å². The van der Waals surface area contributed by atoms with Crippen molar-refractivity contribution in [2.45, 2.75) is 0 Å². The molecule has 2 rings (SSSR count). The number of benzene rings is 2. The molecule has 0 unspecified atom stereocenters. The fourth-order valence-electron chi connectivity index (χ4n) is 1.23. The number of non-ortho nitro benzene ring substituents is 1. The molecule has 0 amide bonds. The van der Waals surface area contributed by atoms with E-state index in [2.05, 4.69) is 0 Å². The molecular formula is C12H6Cl4N2O4. The zero-order valence-corrected chi connectivity index (χ0v) is 13.5. The Kier molecular flexibility index (Phi) is 6.83. The lowest BCUT2D eigenvalue weighted by atomic mass is 10.3. The Morgan fingerprint density at radius 3 is 1.82 bits per heavy atom. The van der Waals surface area contributed by atoms with E-state index in [1.54, 1.807) is 0 Å². The van der Waals surface area contributed by atoms with Gasteiger partial charge in [-0.15, -0.1) is 0 Å². The first-order chi connectivity index (χ1) is 10.2. The van der Waals surface area contributed by atoms with Crippen molar-refractivity contribution >= 4 is 57.8 Å². The molecule has 2 aromatic rings. The minimum atomic E-state index is -0.557. The highest BCUT2D eigenvalue weighted by atomic mass is 35.5. The molecule has 0 atom stereocenters. The van der Waals surface area contributed by atoms with Crippen LogP contribution in [0.4, 0.5) is 11.4 Å². The average molecular weight is 384 g/mol. The highest BCUT2D eigenvalue weighted by Crippen LogP contribution is 2.27. The van der Waals surface area contributed by atoms with E-state index in [9.17, 15) is 20.2 Å². The van der Waals surface area contributed by atoms with Gasteiger partial charge in [-0.3, -0.25) is 20.2 Å². The minimum Gasteiger partial charge on any atom is -0.258 e. The largest absolute Gasteiger partial charge is 0.287 e. The Labute approximate surface area is 144 Å². The summed E-state index contributed by atoms with van der Waals surface area (Å²) in [7, 11) is 0. The molecule has 0 saturated heterocycles. The standard InChI is InChI=1S/2C6H3Cl2NO2/c7-4-1-2-6(9(10)11)5(8)3-4;7-5-2-1-4(9(10)11)3-6(5)8/h2*1-3H. The van der Waals surface area contributed by atoms with Gasteiger partial charge in [-0.05, 0) is 18.2 Å². The maximum absolute atomic E-state index is 10.2. The molecule has 0 spiro atoms. The van der Waals surface area contributed by atoms with Crippen LogP contribution in [-0.4, -0.2) is 9.85 Å². The van der Waals surface area contributed by atoms with Gasteiger partial charge in [-0.1, -0.05) is 46.4 Å². The van der Waals surface area contributed by atoms with E-state index in [0.717, 1.165) is 0 Å². The summed E-state index contributed by atoms with van der Waals surface area (Å²) in [5.41, 5.74) is -0.185. The maximum Gasteiger partial charge on any atom is 0.287 e. The molecule has 0 heterocycles. The normalized spacial score (nSPS) is 9.64. The number of nitro benzene ring substituents is 2. The molecule has 2 aromatic carbocycles. The van der Waals surface area contributed by atoms with Gasteiger partial charge in [0.1, 0.15) is 5.02 Å². The predicted octanol–water partition coefficient (Wildman–Crippen LogP) is 5.80. The minimum absolute atomic E-state index is 0.0561. The van der Waals surface area contributed by atoms with Crippen molar-refractivity contribution in [3.05, 3.63) is 76.7 Å². The van der Waals surface area contributed by atoms with Gasteiger partial charge in [0.25, 0.3) is 11.4 Å². The molecule has 0 fully saturated rings. The summed E-state index contributed by atoms with van der Waals surface area (Å²) in [6, 6.07) is 7.93. The zero-order chi connectivity index (χ0) is 16.9. The zero-order valence-electron chi connectivity index (χ0n) is 10.5. The number of halogens is 4. The lowest BCUT2D eigenvalue weighted by Gasteiger charge is -1.93. The molecular weight excluding hydrogens is 378 g/mol. The molecule has 0 aromatic heterocycles. The van der Waals surface area contributed by atoms with Gasteiger partial charge >= 0.3 is 0 Å². The summed E-state index contributed by atoms with van der Waals surface area (Å²) >= 11 is 22.1. The molecule has 116 valence electrons. The summed E-state index contributed by atoms with van der Waals surface area (Å²) < 4.78 is 0. The van der Waals surface area contributed by atoms with E-state index in [-0.39, 0.29) is 21.4 Å². The van der Waals surface area contributed by atoms with Gasteiger partial charge in [0.2, 0.25) is 0 Å². The number of hydrogen-bond donors (Lipinski definition) is 0. The Hall–Kier alpha value is -1.60. The maximum atomic E-state index is 10.2. The van der Waals surface area contributed by atoms with E-state index < -0.39 is 9.85 Å². The Bertz CT molecular complexity index is 724. The summed E-state index contributed by atoms with van der Waals surface area (Å²) in [6.07, 6.45) is 0. The highest BCUT2D eigenvalue weighted by Gasteiger charge is 2.10. The Morgan fingerprint density at radius 1 is 0.727 bits per heavy atom. The van der Waals surface area contributed by atoms with Crippen LogP contribution in [0, 0.1) is 20.2 Å². The van der Waals surface area contributed by atoms with E-state index in [0.29, 0.717) is 10.0 Å². The van der Waals surface area contributed by atoms with Crippen LogP contribution in [0.2, 0.25) is 20.1 Å². The van der Waals surface area contributed by atoms with Crippen molar-refractivity contribution in [1.82, 2.24) is 0 Å². The van der Waals surface area contributed by atoms with Gasteiger partial charge in [0, 0.05) is 23.2 Å². The van der Waals surface area contributed by atoms with Crippen LogP contribution >= 0.6 is 46.4 Å². The van der Waals surface area contributed by atoms with Crippen molar-refractivity contribution in [3.63, 3.8) is 0 Å². The van der Waals surface area contributed by atoms with Crippen molar-refractivity contribution in [2.75, 3.05) is 0 Å². The molecule has 10 heteroatoms. The SMILES string of the molecule is O=[N+]([O-])c1ccc(Cl)c(Cl)c1.O=[N+]([O-])c1ccc(Cl)cc1Cl. The monoisotopic (exact) mass is 382 g/mol. The summed E-state index contributed by atoms with van der Waals surface area (Å²) in [5.74, 6) is 0. The fraction of sp³-hybridized carbons (Fsp3) is 0. The first-order valence-corrected chi connectivity index (χ1v) is 6.92. The third kappa shape index (κ3) is 5.31. The average Bonchev–Trinajstić information content (AvgIpc) is 2.41. The lowest BCUT2D eigenvalue weighted by Crippen LogP contribution is -1.87. The van der Waals surface area contributed by atoms with E-state index in [1.165, 1.54) is 36.4 Å². The first kappa shape index (κ1) is 18.4. The van der Waals surface area contributed by atoms with Crippen LogP contribution in [0.25, 0.3) is 0 Å². The second-order valence-corrected chi connectivity index (χ2v) is 5.37. The smallest absolute Gasteiger partial charge is 0.258 e. The molecule has 6 nitrogen and oxygen atoms in total. The second-order valence-electron chi connectivity index (χ2n) is 3.71. The van der Waals surface area contributed by atoms with Crippen molar-refractivity contribution in [2.24, 2.45) is 0 Å². The van der Waals surface area contributed by atoms with Gasteiger partial charge in [0.05, 0.1) is 19.9 Å². The molecule has 0 bridgehead atoms. The van der Waals surface area contributed by atoms with Crippen molar-refractivity contribution in [3.8, 4) is 0 Å². The number of nitrogens with zero attached hydrogens (tertiary/aromatic N) is 2. The quantitative estimate of drug-likeness (QED) is 0.484. The van der Waals surface area contributed by atoms with Crippen LogP contribution in [0.1, 0.15) is 0 Å². The Balaban J connectivity index is 0.000000220. The second kappa shape index (κ2) is 8.14. The first-order valence-electron chi connectivity index (χ1n) is 5.41. The van der Waals surface area contributed by atoms with Crippen LogP contribution in [0.5, 0.6) is 0 Å². The van der Waals surface area contributed by atoms with Crippen LogP contribution in [-0.2, 0) is 0 Å². The molecule has 0 radical (unpaired) electrons. The molecule has 0 saturated carbocycles. The number of rotatable bonds is 2.